The van der Waals surface area contributed by atoms with Gasteiger partial charge in [0.2, 0.25) is 5.76 Å². The molecule has 2 aromatic rings. The van der Waals surface area contributed by atoms with Gasteiger partial charge in [-0.15, -0.1) is 0 Å². The summed E-state index contributed by atoms with van der Waals surface area (Å²) in [7, 11) is 1.57. The highest BCUT2D eigenvalue weighted by Crippen LogP contribution is 2.34. The van der Waals surface area contributed by atoms with Crippen molar-refractivity contribution in [3.05, 3.63) is 34.0 Å². The van der Waals surface area contributed by atoms with Crippen molar-refractivity contribution in [2.24, 2.45) is 0 Å². The summed E-state index contributed by atoms with van der Waals surface area (Å²) >= 11 is 3.44. The van der Waals surface area contributed by atoms with Gasteiger partial charge < -0.3 is 14.4 Å². The van der Waals surface area contributed by atoms with Crippen LogP contribution in [0, 0.1) is 6.92 Å². The average molecular weight is 312 g/mol. The first-order valence-electron chi connectivity index (χ1n) is 5.07. The normalized spacial score (nSPS) is 10.4. The number of aromatic nitrogens is 1. The smallest absolute Gasteiger partial charge is 0.374 e. The highest BCUT2D eigenvalue weighted by molar-refractivity contribution is 9.10. The number of ether oxygens (including phenoxy) is 1. The quantitative estimate of drug-likeness (QED) is 0.942. The highest BCUT2D eigenvalue weighted by Gasteiger charge is 2.16. The Kier molecular flexibility index (Phi) is 3.38. The number of aromatic carboxylic acids is 1. The Labute approximate surface area is 111 Å². The van der Waals surface area contributed by atoms with Crippen LogP contribution in [0.2, 0.25) is 0 Å². The summed E-state index contributed by atoms with van der Waals surface area (Å²) in [6.07, 6.45) is 0. The van der Waals surface area contributed by atoms with Gasteiger partial charge in [0.25, 0.3) is 0 Å². The lowest BCUT2D eigenvalue weighted by atomic mass is 10.1. The molecule has 94 valence electrons. The molecule has 0 bridgehead atoms. The summed E-state index contributed by atoms with van der Waals surface area (Å²) in [5, 5.41) is 12.5. The lowest BCUT2D eigenvalue weighted by Crippen LogP contribution is -1.92. The van der Waals surface area contributed by atoms with Crippen LogP contribution >= 0.6 is 15.9 Å². The van der Waals surface area contributed by atoms with Gasteiger partial charge in [0.05, 0.1) is 7.11 Å². The number of rotatable bonds is 3. The molecule has 0 spiro atoms. The summed E-state index contributed by atoms with van der Waals surface area (Å²) in [6.45, 7) is 1.91. The number of hydrogen-bond donors (Lipinski definition) is 1. The molecule has 0 aliphatic carbocycles. The Hall–Kier alpha value is -1.82. The van der Waals surface area contributed by atoms with Gasteiger partial charge in [0.15, 0.2) is 0 Å². The molecular weight excluding hydrogens is 302 g/mol. The number of hydrogen-bond acceptors (Lipinski definition) is 4. The molecule has 18 heavy (non-hydrogen) atoms. The molecule has 1 heterocycles. The topological polar surface area (TPSA) is 72.6 Å². The van der Waals surface area contributed by atoms with E-state index in [0.29, 0.717) is 11.4 Å². The Morgan fingerprint density at radius 2 is 2.17 bits per heavy atom. The first-order valence-corrected chi connectivity index (χ1v) is 5.86. The third-order valence-electron chi connectivity index (χ3n) is 2.46. The number of carbonyl (C=O) groups is 1. The van der Waals surface area contributed by atoms with Crippen LogP contribution in [0.3, 0.4) is 0 Å². The lowest BCUT2D eigenvalue weighted by Gasteiger charge is -2.07. The van der Waals surface area contributed by atoms with Crippen LogP contribution in [0.15, 0.2) is 27.2 Å². The zero-order valence-corrected chi connectivity index (χ0v) is 11.3. The molecule has 0 unspecified atom stereocenters. The molecule has 2 rings (SSSR count). The lowest BCUT2D eigenvalue weighted by molar-refractivity contribution is 0.0652. The number of benzene rings is 1. The van der Waals surface area contributed by atoms with E-state index in [-0.39, 0.29) is 5.76 Å². The number of carboxylic acid groups (broad SMARTS) is 1. The zero-order valence-electron chi connectivity index (χ0n) is 9.73. The van der Waals surface area contributed by atoms with Crippen molar-refractivity contribution >= 4 is 21.9 Å². The fourth-order valence-electron chi connectivity index (χ4n) is 1.54. The maximum atomic E-state index is 10.8. The van der Waals surface area contributed by atoms with Gasteiger partial charge in [-0.1, -0.05) is 5.16 Å². The van der Waals surface area contributed by atoms with Crippen LogP contribution in [0.1, 0.15) is 16.1 Å². The fraction of sp³-hybridized carbons (Fsp3) is 0.167. The van der Waals surface area contributed by atoms with Crippen molar-refractivity contribution < 1.29 is 19.2 Å². The molecule has 0 radical (unpaired) electrons. The SMILES string of the molecule is COc1cc(C)c(Br)c(-c2cc(C(=O)O)on2)c1. The molecule has 0 saturated carbocycles. The Morgan fingerprint density at radius 3 is 2.72 bits per heavy atom. The predicted molar refractivity (Wildman–Crippen MR) is 67.9 cm³/mol. The second kappa shape index (κ2) is 4.81. The van der Waals surface area contributed by atoms with Gasteiger partial charge in [-0.2, -0.15) is 0 Å². The first kappa shape index (κ1) is 12.6. The summed E-state index contributed by atoms with van der Waals surface area (Å²) in [5.41, 5.74) is 2.13. The number of methoxy groups -OCH3 is 1. The molecule has 1 N–H and O–H groups in total. The van der Waals surface area contributed by atoms with Gasteiger partial charge in [0.1, 0.15) is 11.4 Å². The Bertz CT molecular complexity index is 606. The van der Waals surface area contributed by atoms with E-state index in [1.807, 2.05) is 13.0 Å². The van der Waals surface area contributed by atoms with Gasteiger partial charge in [-0.3, -0.25) is 0 Å². The van der Waals surface area contributed by atoms with Crippen LogP contribution in [0.25, 0.3) is 11.3 Å². The third-order valence-corrected chi connectivity index (χ3v) is 3.51. The second-order valence-electron chi connectivity index (χ2n) is 3.69. The summed E-state index contributed by atoms with van der Waals surface area (Å²) < 4.78 is 10.7. The molecule has 0 saturated heterocycles. The van der Waals surface area contributed by atoms with E-state index >= 15 is 0 Å². The zero-order chi connectivity index (χ0) is 13.3. The van der Waals surface area contributed by atoms with Gasteiger partial charge in [-0.25, -0.2) is 4.79 Å². The van der Waals surface area contributed by atoms with E-state index in [1.54, 1.807) is 13.2 Å². The molecule has 0 fully saturated rings. The Morgan fingerprint density at radius 1 is 1.44 bits per heavy atom. The maximum absolute atomic E-state index is 10.8. The van der Waals surface area contributed by atoms with Crippen LogP contribution in [-0.2, 0) is 0 Å². The van der Waals surface area contributed by atoms with E-state index in [0.717, 1.165) is 15.6 Å². The molecule has 0 aliphatic rings. The fourth-order valence-corrected chi connectivity index (χ4v) is 1.98. The summed E-state index contributed by atoms with van der Waals surface area (Å²) in [4.78, 5) is 10.8. The van der Waals surface area contributed by atoms with Crippen molar-refractivity contribution in [2.75, 3.05) is 7.11 Å². The third kappa shape index (κ3) is 2.24. The van der Waals surface area contributed by atoms with E-state index in [9.17, 15) is 4.79 Å². The van der Waals surface area contributed by atoms with E-state index < -0.39 is 5.97 Å². The van der Waals surface area contributed by atoms with Crippen LogP contribution in [-0.4, -0.2) is 23.3 Å². The van der Waals surface area contributed by atoms with Crippen molar-refractivity contribution in [1.29, 1.82) is 0 Å². The van der Waals surface area contributed by atoms with Gasteiger partial charge in [-0.05, 0) is 40.5 Å². The summed E-state index contributed by atoms with van der Waals surface area (Å²) in [6, 6.07) is 5.01. The number of carboxylic acids is 1. The minimum Gasteiger partial charge on any atom is -0.497 e. The highest BCUT2D eigenvalue weighted by atomic mass is 79.9. The van der Waals surface area contributed by atoms with E-state index in [1.165, 1.54) is 6.07 Å². The maximum Gasteiger partial charge on any atom is 0.374 e. The van der Waals surface area contributed by atoms with Crippen molar-refractivity contribution in [3.63, 3.8) is 0 Å². The number of aryl methyl sites for hydroxylation is 1. The number of halogens is 1. The summed E-state index contributed by atoms with van der Waals surface area (Å²) in [5.74, 6) is -0.674. The first-order chi connectivity index (χ1) is 8.52. The van der Waals surface area contributed by atoms with Crippen LogP contribution in [0.5, 0.6) is 5.75 Å². The molecule has 0 atom stereocenters. The monoisotopic (exact) mass is 311 g/mol. The standard InChI is InChI=1S/C12H10BrNO4/c1-6-3-7(17-2)4-8(11(6)13)9-5-10(12(15)16)18-14-9/h3-5H,1-2H3,(H,15,16). The Balaban J connectivity index is 2.55. The minimum atomic E-state index is -1.15. The molecule has 1 aromatic carbocycles. The van der Waals surface area contributed by atoms with Crippen LogP contribution < -0.4 is 4.74 Å². The molecule has 5 nitrogen and oxygen atoms in total. The molecule has 6 heteroatoms. The second-order valence-corrected chi connectivity index (χ2v) is 4.48. The number of nitrogens with zero attached hydrogens (tertiary/aromatic N) is 1. The molecule has 0 aliphatic heterocycles. The minimum absolute atomic E-state index is 0.197. The molecule has 0 amide bonds. The van der Waals surface area contributed by atoms with Crippen molar-refractivity contribution in [3.8, 4) is 17.0 Å². The van der Waals surface area contributed by atoms with E-state index in [2.05, 4.69) is 21.1 Å². The van der Waals surface area contributed by atoms with Crippen molar-refractivity contribution in [1.82, 2.24) is 5.16 Å². The molecular formula is C12H10BrNO4. The van der Waals surface area contributed by atoms with Gasteiger partial charge >= 0.3 is 5.97 Å². The van der Waals surface area contributed by atoms with E-state index in [4.69, 9.17) is 14.4 Å². The molecule has 1 aromatic heterocycles. The van der Waals surface area contributed by atoms with Crippen molar-refractivity contribution in [2.45, 2.75) is 6.92 Å². The van der Waals surface area contributed by atoms with Gasteiger partial charge in [0, 0.05) is 16.1 Å². The largest absolute Gasteiger partial charge is 0.497 e. The van der Waals surface area contributed by atoms with Crippen LogP contribution in [0.4, 0.5) is 0 Å². The average Bonchev–Trinajstić information content (AvgIpc) is 2.82. The predicted octanol–water partition coefficient (Wildman–Crippen LogP) is 3.12.